The van der Waals surface area contributed by atoms with Gasteiger partial charge in [-0.1, -0.05) is 6.07 Å². The predicted molar refractivity (Wildman–Crippen MR) is 104 cm³/mol. The number of rotatable bonds is 10. The summed E-state index contributed by atoms with van der Waals surface area (Å²) in [4.78, 5) is 17.6. The van der Waals surface area contributed by atoms with Crippen LogP contribution in [-0.4, -0.2) is 58.6 Å². The zero-order chi connectivity index (χ0) is 20.1. The van der Waals surface area contributed by atoms with Gasteiger partial charge in [-0.25, -0.2) is 13.8 Å². The summed E-state index contributed by atoms with van der Waals surface area (Å²) in [5.41, 5.74) is 7.89. The minimum atomic E-state index is -2.59. The average molecular weight is 396 g/mol. The van der Waals surface area contributed by atoms with Crippen molar-refractivity contribution < 1.29 is 18.7 Å². The van der Waals surface area contributed by atoms with Crippen LogP contribution in [0.5, 0.6) is 0 Å². The topological polar surface area (TPSA) is 91.5 Å². The highest BCUT2D eigenvalue weighted by atomic mass is 19.3. The van der Waals surface area contributed by atoms with E-state index in [2.05, 4.69) is 22.4 Å². The Hall–Kier alpha value is -1.80. The van der Waals surface area contributed by atoms with Crippen molar-refractivity contribution >= 4 is 11.8 Å². The molecule has 0 aromatic carbocycles. The summed E-state index contributed by atoms with van der Waals surface area (Å²) in [6.07, 6.45) is 4.80. The first-order valence-electron chi connectivity index (χ1n) is 10.2. The highest BCUT2D eigenvalue weighted by Crippen LogP contribution is 2.40. The van der Waals surface area contributed by atoms with Gasteiger partial charge in [-0.3, -0.25) is 9.69 Å². The minimum Gasteiger partial charge on any atom is -0.480 e. The second-order valence-corrected chi connectivity index (χ2v) is 7.99. The van der Waals surface area contributed by atoms with Crippen LogP contribution < -0.4 is 11.1 Å². The van der Waals surface area contributed by atoms with Gasteiger partial charge in [0.15, 0.2) is 0 Å². The molecule has 2 heterocycles. The van der Waals surface area contributed by atoms with Crippen LogP contribution in [0.25, 0.3) is 0 Å². The number of alkyl halides is 2. The van der Waals surface area contributed by atoms with Gasteiger partial charge in [0.1, 0.15) is 11.9 Å². The van der Waals surface area contributed by atoms with E-state index in [-0.39, 0.29) is 25.3 Å². The second-order valence-electron chi connectivity index (χ2n) is 7.99. The highest BCUT2D eigenvalue weighted by molar-refractivity contribution is 5.72. The van der Waals surface area contributed by atoms with Crippen molar-refractivity contribution in [3.63, 3.8) is 0 Å². The fourth-order valence-corrected chi connectivity index (χ4v) is 3.92. The van der Waals surface area contributed by atoms with Crippen LogP contribution >= 0.6 is 0 Å². The first-order valence-corrected chi connectivity index (χ1v) is 10.2. The van der Waals surface area contributed by atoms with E-state index in [0.29, 0.717) is 13.1 Å². The van der Waals surface area contributed by atoms with Crippen LogP contribution in [-0.2, 0) is 17.6 Å². The number of hydrogen-bond acceptors (Lipinski definition) is 5. The molecule has 1 aliphatic heterocycles. The Labute approximate surface area is 164 Å². The van der Waals surface area contributed by atoms with Crippen molar-refractivity contribution in [2.45, 2.75) is 69.4 Å². The molecule has 1 fully saturated rings. The Balaban J connectivity index is 1.45. The largest absolute Gasteiger partial charge is 0.480 e. The maximum absolute atomic E-state index is 13.3. The van der Waals surface area contributed by atoms with Crippen molar-refractivity contribution in [1.29, 1.82) is 0 Å². The van der Waals surface area contributed by atoms with E-state index in [1.165, 1.54) is 5.56 Å². The van der Waals surface area contributed by atoms with Crippen LogP contribution in [0.2, 0.25) is 0 Å². The Morgan fingerprint density at radius 2 is 2.14 bits per heavy atom. The van der Waals surface area contributed by atoms with Gasteiger partial charge in [0.25, 0.3) is 5.92 Å². The van der Waals surface area contributed by atoms with Crippen LogP contribution in [0, 0.1) is 0 Å². The maximum atomic E-state index is 13.3. The summed E-state index contributed by atoms with van der Waals surface area (Å²) in [6, 6.07) is 3.08. The number of aliphatic carboxylic acids is 1. The van der Waals surface area contributed by atoms with Crippen LogP contribution in [0.4, 0.5) is 14.6 Å². The monoisotopic (exact) mass is 396 g/mol. The number of anilines is 1. The minimum absolute atomic E-state index is 0.145. The molecule has 1 atom stereocenters. The van der Waals surface area contributed by atoms with E-state index in [9.17, 15) is 13.6 Å². The van der Waals surface area contributed by atoms with Crippen molar-refractivity contribution in [2.75, 3.05) is 25.0 Å². The van der Waals surface area contributed by atoms with Crippen LogP contribution in [0.3, 0.4) is 0 Å². The third-order valence-corrected chi connectivity index (χ3v) is 5.71. The predicted octanol–water partition coefficient (Wildman–Crippen LogP) is 2.66. The Kier molecular flexibility index (Phi) is 6.82. The summed E-state index contributed by atoms with van der Waals surface area (Å²) in [5.74, 6) is -2.64. The molecule has 0 unspecified atom stereocenters. The van der Waals surface area contributed by atoms with E-state index in [4.69, 9.17) is 10.8 Å². The summed E-state index contributed by atoms with van der Waals surface area (Å²) >= 11 is 0. The highest BCUT2D eigenvalue weighted by Gasteiger charge is 2.47. The maximum Gasteiger partial charge on any atom is 0.320 e. The third-order valence-electron chi connectivity index (χ3n) is 5.71. The molecule has 8 heteroatoms. The standard InChI is InChI=1S/C20H30F2N4O2/c21-20(22)12-16(13-20)26(11-8-17(23)19(27)28)10-2-1-5-15-7-6-14-4-3-9-24-18(14)25-15/h6-7,16-17H,1-5,8-13,23H2,(H,24,25)(H,27,28)/t17-/m0/s1. The first-order chi connectivity index (χ1) is 13.3. The number of halogens is 2. The van der Waals surface area contributed by atoms with Gasteiger partial charge < -0.3 is 16.2 Å². The van der Waals surface area contributed by atoms with Crippen LogP contribution in [0.1, 0.15) is 49.8 Å². The van der Waals surface area contributed by atoms with Crippen molar-refractivity contribution in [3.05, 3.63) is 23.4 Å². The lowest BCUT2D eigenvalue weighted by Gasteiger charge is -2.43. The lowest BCUT2D eigenvalue weighted by Crippen LogP contribution is -2.52. The zero-order valence-electron chi connectivity index (χ0n) is 16.2. The fraction of sp³-hybridized carbons (Fsp3) is 0.700. The van der Waals surface area contributed by atoms with Crippen LogP contribution in [0.15, 0.2) is 12.1 Å². The second kappa shape index (κ2) is 9.13. The molecular formula is C20H30F2N4O2. The molecule has 4 N–H and O–H groups in total. The third kappa shape index (κ3) is 5.61. The molecule has 1 saturated carbocycles. The van der Waals surface area contributed by atoms with E-state index >= 15 is 0 Å². The van der Waals surface area contributed by atoms with E-state index < -0.39 is 17.9 Å². The number of hydrogen-bond donors (Lipinski definition) is 3. The van der Waals surface area contributed by atoms with Gasteiger partial charge in [0, 0.05) is 37.7 Å². The quantitative estimate of drug-likeness (QED) is 0.527. The summed E-state index contributed by atoms with van der Waals surface area (Å²) in [5, 5.41) is 12.3. The molecule has 0 spiro atoms. The number of pyridine rings is 1. The Bertz CT molecular complexity index is 678. The number of aryl methyl sites for hydroxylation is 2. The number of carboxylic acids is 1. The number of fused-ring (bicyclic) bond motifs is 1. The molecule has 0 bridgehead atoms. The lowest BCUT2D eigenvalue weighted by molar-refractivity contribution is -0.140. The molecule has 1 aromatic heterocycles. The molecule has 2 aliphatic rings. The van der Waals surface area contributed by atoms with Gasteiger partial charge in [-0.15, -0.1) is 0 Å². The number of nitrogens with zero attached hydrogens (tertiary/aromatic N) is 2. The summed E-state index contributed by atoms with van der Waals surface area (Å²) in [7, 11) is 0. The SMILES string of the molecule is N[C@@H](CCN(CCCCc1ccc2c(n1)NCCC2)C1CC(F)(F)C1)C(=O)O. The molecule has 28 heavy (non-hydrogen) atoms. The number of carboxylic acid groups (broad SMARTS) is 1. The smallest absolute Gasteiger partial charge is 0.320 e. The lowest BCUT2D eigenvalue weighted by atomic mass is 9.86. The molecule has 3 rings (SSSR count). The van der Waals surface area contributed by atoms with Crippen molar-refractivity contribution in [2.24, 2.45) is 5.73 Å². The molecule has 1 aromatic rings. The van der Waals surface area contributed by atoms with Gasteiger partial charge in [-0.05, 0) is 56.7 Å². The molecule has 156 valence electrons. The molecule has 0 radical (unpaired) electrons. The summed E-state index contributed by atoms with van der Waals surface area (Å²) < 4.78 is 26.5. The number of carbonyl (C=O) groups is 1. The average Bonchev–Trinajstić information content (AvgIpc) is 2.65. The van der Waals surface area contributed by atoms with Gasteiger partial charge in [0.05, 0.1) is 0 Å². The van der Waals surface area contributed by atoms with E-state index in [1.807, 2.05) is 4.90 Å². The molecule has 0 amide bonds. The van der Waals surface area contributed by atoms with Crippen molar-refractivity contribution in [3.8, 4) is 0 Å². The first kappa shape index (κ1) is 20.9. The van der Waals surface area contributed by atoms with Gasteiger partial charge in [-0.2, -0.15) is 0 Å². The number of unbranched alkanes of at least 4 members (excludes halogenated alkanes) is 1. The van der Waals surface area contributed by atoms with E-state index in [0.717, 1.165) is 50.2 Å². The fourth-order valence-electron chi connectivity index (χ4n) is 3.92. The van der Waals surface area contributed by atoms with Crippen molar-refractivity contribution in [1.82, 2.24) is 9.88 Å². The number of nitrogens with one attached hydrogen (secondary N) is 1. The normalized spacial score (nSPS) is 19.6. The molecule has 1 aliphatic carbocycles. The summed E-state index contributed by atoms with van der Waals surface area (Å²) in [6.45, 7) is 2.08. The van der Waals surface area contributed by atoms with Gasteiger partial charge in [0.2, 0.25) is 0 Å². The molecule has 6 nitrogen and oxygen atoms in total. The number of aromatic nitrogens is 1. The molecular weight excluding hydrogens is 366 g/mol. The Morgan fingerprint density at radius 3 is 2.86 bits per heavy atom. The van der Waals surface area contributed by atoms with E-state index in [1.54, 1.807) is 0 Å². The van der Waals surface area contributed by atoms with Gasteiger partial charge >= 0.3 is 5.97 Å². The molecule has 0 saturated heterocycles. The Morgan fingerprint density at radius 1 is 1.36 bits per heavy atom. The number of nitrogens with two attached hydrogens (primary N) is 1. The zero-order valence-corrected chi connectivity index (χ0v) is 16.2.